The number of aromatic nitrogens is 5. The first-order chi connectivity index (χ1) is 32.2. The highest BCUT2D eigenvalue weighted by Crippen LogP contribution is 2.50. The molecule has 14 rings (SSSR count). The Balaban J connectivity index is 1.07. The third-order valence-corrected chi connectivity index (χ3v) is 14.6. The van der Waals surface area contributed by atoms with Crippen LogP contribution in [0.25, 0.3) is 122 Å². The minimum Gasteiger partial charge on any atom is -0.456 e. The summed E-state index contributed by atoms with van der Waals surface area (Å²) in [6.45, 7) is 9.65. The summed E-state index contributed by atoms with van der Waals surface area (Å²) in [7, 11) is 0. The number of rotatable bonds is 4. The first-order valence-corrected chi connectivity index (χ1v) is 22.9. The van der Waals surface area contributed by atoms with E-state index in [0.29, 0.717) is 17.6 Å². The minimum atomic E-state index is 0.00931. The molecule has 0 N–H and O–H groups in total. The standard InChI is InChI=1S/C59H43N5O2/c1-58(2)31-32-59(3,4)54-41(58)20-14-23-46(54)63-42-21-9-5-16-37(42)52-44(63)29-30-45-53(52)38-17-6-10-22-43(38)64(45)57-61-55(34-27-28-36-35-15-7-11-24-47(35)66-50(36)33-34)60-56(62-57)40-19-13-26-49-51(40)39-18-8-12-25-48(39)65-49/h5-30,33H,31-32H2,1-4H3. The van der Waals surface area contributed by atoms with Crippen molar-refractivity contribution < 1.29 is 8.83 Å². The highest BCUT2D eigenvalue weighted by molar-refractivity contribution is 6.29. The van der Waals surface area contributed by atoms with Gasteiger partial charge in [-0.1, -0.05) is 131 Å². The summed E-state index contributed by atoms with van der Waals surface area (Å²) < 4.78 is 17.6. The lowest BCUT2D eigenvalue weighted by atomic mass is 9.62. The van der Waals surface area contributed by atoms with Gasteiger partial charge < -0.3 is 13.4 Å². The van der Waals surface area contributed by atoms with Crippen LogP contribution in [0, 0.1) is 0 Å². The second-order valence-corrected chi connectivity index (χ2v) is 19.4. The van der Waals surface area contributed by atoms with E-state index < -0.39 is 0 Å². The van der Waals surface area contributed by atoms with E-state index in [9.17, 15) is 0 Å². The van der Waals surface area contributed by atoms with E-state index in [4.69, 9.17) is 23.8 Å². The first kappa shape index (κ1) is 37.4. The van der Waals surface area contributed by atoms with Gasteiger partial charge in [-0.05, 0) is 95.5 Å². The molecule has 0 saturated carbocycles. The van der Waals surface area contributed by atoms with Crippen LogP contribution in [0.3, 0.4) is 0 Å². The van der Waals surface area contributed by atoms with Gasteiger partial charge >= 0.3 is 0 Å². The van der Waals surface area contributed by atoms with Crippen LogP contribution < -0.4 is 0 Å². The third-order valence-electron chi connectivity index (χ3n) is 14.6. The summed E-state index contributed by atoms with van der Waals surface area (Å²) in [5.74, 6) is 1.63. The van der Waals surface area contributed by atoms with Gasteiger partial charge in [-0.25, -0.2) is 4.98 Å². The van der Waals surface area contributed by atoms with Gasteiger partial charge in [-0.3, -0.25) is 4.57 Å². The molecule has 7 nitrogen and oxygen atoms in total. The summed E-state index contributed by atoms with van der Waals surface area (Å²) in [4.78, 5) is 16.2. The van der Waals surface area contributed by atoms with E-state index in [1.54, 1.807) is 0 Å². The number of para-hydroxylation sites is 4. The molecule has 0 unspecified atom stereocenters. The summed E-state index contributed by atoms with van der Waals surface area (Å²) in [5, 5.41) is 8.82. The maximum absolute atomic E-state index is 6.41. The van der Waals surface area contributed by atoms with Gasteiger partial charge in [0.1, 0.15) is 22.3 Å². The molecule has 5 aromatic heterocycles. The van der Waals surface area contributed by atoms with E-state index in [-0.39, 0.29) is 10.8 Å². The first-order valence-electron chi connectivity index (χ1n) is 22.9. The fourth-order valence-electron chi connectivity index (χ4n) is 11.4. The van der Waals surface area contributed by atoms with E-state index in [2.05, 4.69) is 152 Å². The summed E-state index contributed by atoms with van der Waals surface area (Å²) in [6, 6.07) is 57.8. The van der Waals surface area contributed by atoms with Crippen molar-refractivity contribution in [1.29, 1.82) is 0 Å². The van der Waals surface area contributed by atoms with Crippen molar-refractivity contribution in [1.82, 2.24) is 24.1 Å². The smallest absolute Gasteiger partial charge is 0.238 e. The highest BCUT2D eigenvalue weighted by atomic mass is 16.3. The predicted octanol–water partition coefficient (Wildman–Crippen LogP) is 15.5. The van der Waals surface area contributed by atoms with Crippen LogP contribution >= 0.6 is 0 Å². The molecule has 1 aliphatic carbocycles. The summed E-state index contributed by atoms with van der Waals surface area (Å²) >= 11 is 0. The van der Waals surface area contributed by atoms with Crippen LogP contribution in [0.2, 0.25) is 0 Å². The molecule has 0 amide bonds. The van der Waals surface area contributed by atoms with Crippen molar-refractivity contribution in [2.45, 2.75) is 51.4 Å². The second-order valence-electron chi connectivity index (χ2n) is 19.4. The molecule has 0 spiro atoms. The largest absolute Gasteiger partial charge is 0.456 e. The quantitative estimate of drug-likeness (QED) is 0.176. The molecule has 0 fully saturated rings. The van der Waals surface area contributed by atoms with Crippen molar-refractivity contribution in [2.75, 3.05) is 0 Å². The molecule has 0 bridgehead atoms. The number of nitrogens with zero attached hydrogens (tertiary/aromatic N) is 5. The SMILES string of the molecule is CC1(C)CCC(C)(C)c2c(-n3c4ccccc4c4c5c6ccccc6n(-c6nc(-c7ccc8c(c7)oc7ccccc78)nc(-c7cccc8oc9ccccc9c78)n6)c5ccc43)cccc21. The summed E-state index contributed by atoms with van der Waals surface area (Å²) in [6.07, 6.45) is 2.29. The van der Waals surface area contributed by atoms with Gasteiger partial charge in [0.15, 0.2) is 11.6 Å². The fraction of sp³-hybridized carbons (Fsp3) is 0.136. The Bertz CT molecular complexity index is 4200. The Kier molecular flexibility index (Phi) is 7.51. The molecular formula is C59H43N5O2. The molecule has 5 heterocycles. The normalized spacial score (nSPS) is 14.8. The Morgan fingerprint density at radius 3 is 1.77 bits per heavy atom. The Hall–Kier alpha value is -8.03. The van der Waals surface area contributed by atoms with Crippen LogP contribution in [-0.2, 0) is 10.8 Å². The van der Waals surface area contributed by atoms with Crippen LogP contribution in [-0.4, -0.2) is 24.1 Å². The van der Waals surface area contributed by atoms with Crippen LogP contribution in [0.15, 0.2) is 173 Å². The van der Waals surface area contributed by atoms with E-state index >= 15 is 0 Å². The van der Waals surface area contributed by atoms with Crippen LogP contribution in [0.1, 0.15) is 51.7 Å². The van der Waals surface area contributed by atoms with Crippen molar-refractivity contribution in [3.8, 4) is 34.4 Å². The molecule has 316 valence electrons. The fourth-order valence-corrected chi connectivity index (χ4v) is 11.4. The Morgan fingerprint density at radius 1 is 0.424 bits per heavy atom. The average molecular weight is 854 g/mol. The van der Waals surface area contributed by atoms with Crippen molar-refractivity contribution >= 4 is 87.5 Å². The molecule has 7 heteroatoms. The van der Waals surface area contributed by atoms with Gasteiger partial charge in [-0.15, -0.1) is 0 Å². The van der Waals surface area contributed by atoms with E-state index in [0.717, 1.165) is 89.7 Å². The topological polar surface area (TPSA) is 74.8 Å². The monoisotopic (exact) mass is 853 g/mol. The zero-order chi connectivity index (χ0) is 44.1. The van der Waals surface area contributed by atoms with Gasteiger partial charge in [0.05, 0.1) is 27.8 Å². The number of hydrogen-bond acceptors (Lipinski definition) is 5. The molecule has 8 aromatic carbocycles. The maximum atomic E-state index is 6.41. The van der Waals surface area contributed by atoms with Gasteiger partial charge in [-0.2, -0.15) is 9.97 Å². The van der Waals surface area contributed by atoms with Crippen LogP contribution in [0.5, 0.6) is 0 Å². The van der Waals surface area contributed by atoms with Gasteiger partial charge in [0.2, 0.25) is 5.95 Å². The molecule has 0 atom stereocenters. The average Bonchev–Trinajstić information content (AvgIpc) is 4.10. The number of furan rings is 2. The van der Waals surface area contributed by atoms with Crippen molar-refractivity contribution in [3.63, 3.8) is 0 Å². The second kappa shape index (κ2) is 13.3. The Labute approximate surface area is 379 Å². The molecular weight excluding hydrogens is 811 g/mol. The van der Waals surface area contributed by atoms with E-state index in [1.165, 1.54) is 38.6 Å². The van der Waals surface area contributed by atoms with Crippen molar-refractivity contribution in [3.05, 3.63) is 175 Å². The maximum Gasteiger partial charge on any atom is 0.238 e. The molecule has 0 saturated heterocycles. The lowest BCUT2D eigenvalue weighted by Crippen LogP contribution is -2.35. The van der Waals surface area contributed by atoms with Gasteiger partial charge in [0, 0.05) is 54.2 Å². The molecule has 1 aliphatic rings. The van der Waals surface area contributed by atoms with Gasteiger partial charge in [0.25, 0.3) is 0 Å². The lowest BCUT2D eigenvalue weighted by Gasteiger charge is -2.43. The van der Waals surface area contributed by atoms with Crippen molar-refractivity contribution in [2.24, 2.45) is 0 Å². The molecule has 0 radical (unpaired) electrons. The predicted molar refractivity (Wildman–Crippen MR) is 269 cm³/mol. The zero-order valence-electron chi connectivity index (χ0n) is 37.1. The van der Waals surface area contributed by atoms with E-state index in [1.807, 2.05) is 48.5 Å². The highest BCUT2D eigenvalue weighted by Gasteiger charge is 2.39. The molecule has 0 aliphatic heterocycles. The Morgan fingerprint density at radius 2 is 1.00 bits per heavy atom. The zero-order valence-corrected chi connectivity index (χ0v) is 37.1. The molecule has 13 aromatic rings. The lowest BCUT2D eigenvalue weighted by molar-refractivity contribution is 0.331. The number of benzene rings is 8. The summed E-state index contributed by atoms with van der Waals surface area (Å²) in [5.41, 5.74) is 13.6. The number of fused-ring (bicyclic) bond motifs is 14. The number of hydrogen-bond donors (Lipinski definition) is 0. The third kappa shape index (κ3) is 5.16. The minimum absolute atomic E-state index is 0.00931. The van der Waals surface area contributed by atoms with Crippen LogP contribution in [0.4, 0.5) is 0 Å². The molecule has 66 heavy (non-hydrogen) atoms.